The number of nitrogens with zero attached hydrogens (tertiary/aromatic N) is 2. The number of nitrogens with one attached hydrogen (secondary N) is 1. The first-order chi connectivity index (χ1) is 10.3. The average molecular weight is 277 g/mol. The molecule has 0 saturated heterocycles. The van der Waals surface area contributed by atoms with E-state index in [1.54, 1.807) is 6.20 Å². The molecule has 0 radical (unpaired) electrons. The zero-order valence-corrected chi connectivity index (χ0v) is 12.1. The minimum Gasteiger partial charge on any atom is -0.281 e. The normalized spacial score (nSPS) is 13.0. The highest BCUT2D eigenvalue weighted by atomic mass is 15.1. The van der Waals surface area contributed by atoms with Crippen molar-refractivity contribution in [3.05, 3.63) is 66.3 Å². The smallest absolute Gasteiger partial charge is 0.0949 e. The van der Waals surface area contributed by atoms with E-state index in [1.807, 2.05) is 18.3 Å². The summed E-state index contributed by atoms with van der Waals surface area (Å²) in [7, 11) is 0. The highest BCUT2D eigenvalue weighted by Crippen LogP contribution is 2.29. The van der Waals surface area contributed by atoms with Gasteiger partial charge in [0, 0.05) is 23.7 Å². The Kier molecular flexibility index (Phi) is 3.82. The van der Waals surface area contributed by atoms with Gasteiger partial charge in [0.05, 0.1) is 5.69 Å². The number of rotatable bonds is 5. The van der Waals surface area contributed by atoms with E-state index < -0.39 is 0 Å². The summed E-state index contributed by atoms with van der Waals surface area (Å²) in [5.74, 6) is 0. The Bertz CT molecular complexity index is 693. The predicted octanol–water partition coefficient (Wildman–Crippen LogP) is 4.27. The minimum atomic E-state index is 0.860. The Morgan fingerprint density at radius 1 is 1.24 bits per heavy atom. The van der Waals surface area contributed by atoms with Crippen LogP contribution in [0.1, 0.15) is 41.8 Å². The maximum absolute atomic E-state index is 4.43. The number of aromatic amines is 1. The summed E-state index contributed by atoms with van der Waals surface area (Å²) < 4.78 is 0. The highest BCUT2D eigenvalue weighted by molar-refractivity contribution is 5.74. The molecule has 3 heteroatoms. The van der Waals surface area contributed by atoms with Crippen LogP contribution in [0.2, 0.25) is 0 Å². The Morgan fingerprint density at radius 2 is 2.10 bits per heavy atom. The molecule has 0 spiro atoms. The van der Waals surface area contributed by atoms with Gasteiger partial charge in [0.25, 0.3) is 0 Å². The Labute approximate surface area is 125 Å². The van der Waals surface area contributed by atoms with Crippen molar-refractivity contribution in [3.63, 3.8) is 0 Å². The second kappa shape index (κ2) is 5.92. The standard InChI is InChI=1S/C18H19N3/c1-13(15-6-5-11-19-12-15)9-10-14(2)18-16-7-3-4-8-17(16)20-21-18/h3,5-7,11-12H,1-2,4,8-10H2,(H,20,21). The van der Waals surface area contributed by atoms with Crippen LogP contribution in [0.4, 0.5) is 0 Å². The maximum Gasteiger partial charge on any atom is 0.0949 e. The van der Waals surface area contributed by atoms with E-state index in [9.17, 15) is 0 Å². The van der Waals surface area contributed by atoms with Crippen LogP contribution in [0.15, 0.2) is 43.8 Å². The van der Waals surface area contributed by atoms with Crippen molar-refractivity contribution in [2.75, 3.05) is 0 Å². The molecule has 21 heavy (non-hydrogen) atoms. The van der Waals surface area contributed by atoms with Crippen LogP contribution < -0.4 is 0 Å². The second-order valence-corrected chi connectivity index (χ2v) is 5.35. The van der Waals surface area contributed by atoms with Crippen LogP contribution in [0, 0.1) is 0 Å². The van der Waals surface area contributed by atoms with E-state index >= 15 is 0 Å². The fourth-order valence-electron chi connectivity index (χ4n) is 2.59. The molecule has 1 aliphatic rings. The third-order valence-corrected chi connectivity index (χ3v) is 3.86. The molecule has 0 fully saturated rings. The summed E-state index contributed by atoms with van der Waals surface area (Å²) in [4.78, 5) is 4.13. The lowest BCUT2D eigenvalue weighted by molar-refractivity contribution is 0.905. The third kappa shape index (κ3) is 2.87. The molecule has 0 saturated carbocycles. The number of aromatic nitrogens is 3. The molecule has 0 unspecified atom stereocenters. The molecular weight excluding hydrogens is 258 g/mol. The van der Waals surface area contributed by atoms with Gasteiger partial charge in [-0.25, -0.2) is 0 Å². The molecule has 0 bridgehead atoms. The van der Waals surface area contributed by atoms with Gasteiger partial charge in [-0.15, -0.1) is 0 Å². The molecule has 0 aliphatic heterocycles. The molecule has 2 aromatic heterocycles. The van der Waals surface area contributed by atoms with Gasteiger partial charge in [0.1, 0.15) is 0 Å². The summed E-state index contributed by atoms with van der Waals surface area (Å²) in [6.07, 6.45) is 11.8. The number of allylic oxidation sites excluding steroid dienone is 3. The molecule has 2 heterocycles. The minimum absolute atomic E-state index is 0.860. The SMILES string of the molecule is C=C(CCC(=C)c1n[nH]c2c1C=CCC2)c1cccnc1. The first-order valence-electron chi connectivity index (χ1n) is 7.26. The van der Waals surface area contributed by atoms with Gasteiger partial charge >= 0.3 is 0 Å². The topological polar surface area (TPSA) is 41.6 Å². The van der Waals surface area contributed by atoms with Gasteiger partial charge < -0.3 is 0 Å². The van der Waals surface area contributed by atoms with Crippen LogP contribution in [-0.2, 0) is 6.42 Å². The van der Waals surface area contributed by atoms with E-state index in [0.29, 0.717) is 0 Å². The Balaban J connectivity index is 1.67. The summed E-state index contributed by atoms with van der Waals surface area (Å²) in [5, 5.41) is 7.56. The number of hydrogen-bond acceptors (Lipinski definition) is 2. The van der Waals surface area contributed by atoms with Gasteiger partial charge in [-0.2, -0.15) is 5.10 Å². The van der Waals surface area contributed by atoms with Gasteiger partial charge in [0.15, 0.2) is 0 Å². The van der Waals surface area contributed by atoms with Gasteiger partial charge in [-0.05, 0) is 48.5 Å². The van der Waals surface area contributed by atoms with E-state index in [0.717, 1.165) is 48.1 Å². The lowest BCUT2D eigenvalue weighted by Gasteiger charge is -2.09. The molecule has 3 nitrogen and oxygen atoms in total. The van der Waals surface area contributed by atoms with E-state index in [2.05, 4.69) is 40.5 Å². The zero-order valence-electron chi connectivity index (χ0n) is 12.1. The number of pyridine rings is 1. The van der Waals surface area contributed by atoms with Crippen molar-refractivity contribution in [2.45, 2.75) is 25.7 Å². The van der Waals surface area contributed by atoms with E-state index in [1.165, 1.54) is 11.3 Å². The van der Waals surface area contributed by atoms with E-state index in [4.69, 9.17) is 0 Å². The van der Waals surface area contributed by atoms with Crippen LogP contribution in [0.25, 0.3) is 17.2 Å². The van der Waals surface area contributed by atoms with E-state index in [-0.39, 0.29) is 0 Å². The summed E-state index contributed by atoms with van der Waals surface area (Å²) >= 11 is 0. The molecule has 0 aromatic carbocycles. The monoisotopic (exact) mass is 277 g/mol. The highest BCUT2D eigenvalue weighted by Gasteiger charge is 2.15. The molecule has 2 aromatic rings. The molecule has 0 amide bonds. The average Bonchev–Trinajstić information content (AvgIpc) is 2.97. The molecular formula is C18H19N3. The fraction of sp³-hybridized carbons (Fsp3) is 0.222. The fourth-order valence-corrected chi connectivity index (χ4v) is 2.59. The van der Waals surface area contributed by atoms with Crippen LogP contribution in [-0.4, -0.2) is 15.2 Å². The van der Waals surface area contributed by atoms with Crippen molar-refractivity contribution in [1.82, 2.24) is 15.2 Å². The Morgan fingerprint density at radius 3 is 2.90 bits per heavy atom. The second-order valence-electron chi connectivity index (χ2n) is 5.35. The maximum atomic E-state index is 4.43. The number of hydrogen-bond donors (Lipinski definition) is 1. The predicted molar refractivity (Wildman–Crippen MR) is 87.5 cm³/mol. The number of aryl methyl sites for hydroxylation is 1. The lowest BCUT2D eigenvalue weighted by atomic mass is 9.96. The summed E-state index contributed by atoms with van der Waals surface area (Å²) in [5.41, 5.74) is 6.67. The first kappa shape index (κ1) is 13.6. The van der Waals surface area contributed by atoms with Gasteiger partial charge in [-0.1, -0.05) is 31.4 Å². The van der Waals surface area contributed by atoms with Crippen LogP contribution >= 0.6 is 0 Å². The lowest BCUT2D eigenvalue weighted by Crippen LogP contribution is -1.94. The molecule has 1 aliphatic carbocycles. The molecule has 3 rings (SSSR count). The summed E-state index contributed by atoms with van der Waals surface area (Å²) in [6.45, 7) is 8.34. The van der Waals surface area contributed by atoms with Gasteiger partial charge in [0.2, 0.25) is 0 Å². The van der Waals surface area contributed by atoms with Crippen molar-refractivity contribution >= 4 is 17.2 Å². The molecule has 1 N–H and O–H groups in total. The van der Waals surface area contributed by atoms with Crippen molar-refractivity contribution < 1.29 is 0 Å². The summed E-state index contributed by atoms with van der Waals surface area (Å²) in [6, 6.07) is 3.97. The zero-order chi connectivity index (χ0) is 14.7. The quantitative estimate of drug-likeness (QED) is 0.886. The van der Waals surface area contributed by atoms with Crippen molar-refractivity contribution in [1.29, 1.82) is 0 Å². The van der Waals surface area contributed by atoms with Crippen molar-refractivity contribution in [2.24, 2.45) is 0 Å². The largest absolute Gasteiger partial charge is 0.281 e. The number of H-pyrrole nitrogens is 1. The van der Waals surface area contributed by atoms with Gasteiger partial charge in [-0.3, -0.25) is 10.1 Å². The third-order valence-electron chi connectivity index (χ3n) is 3.86. The number of fused-ring (bicyclic) bond motifs is 1. The first-order valence-corrected chi connectivity index (χ1v) is 7.26. The molecule has 106 valence electrons. The van der Waals surface area contributed by atoms with Crippen LogP contribution in [0.5, 0.6) is 0 Å². The van der Waals surface area contributed by atoms with Crippen molar-refractivity contribution in [3.8, 4) is 0 Å². The molecule has 0 atom stereocenters. The Hall–Kier alpha value is -2.42. The van der Waals surface area contributed by atoms with Crippen LogP contribution in [0.3, 0.4) is 0 Å².